The van der Waals surface area contributed by atoms with E-state index in [9.17, 15) is 9.59 Å². The fourth-order valence-electron chi connectivity index (χ4n) is 2.42. The molecule has 7 heteroatoms. The lowest BCUT2D eigenvalue weighted by Gasteiger charge is -2.13. The number of methoxy groups -OCH3 is 2. The van der Waals surface area contributed by atoms with Crippen LogP contribution in [0.15, 0.2) is 36.4 Å². The maximum absolute atomic E-state index is 12.5. The highest BCUT2D eigenvalue weighted by Crippen LogP contribution is 2.36. The number of benzene rings is 2. The summed E-state index contributed by atoms with van der Waals surface area (Å²) in [5, 5.41) is 5.97. The number of carbonyl (C=O) groups is 2. The molecule has 0 bridgehead atoms. The number of anilines is 2. The Balaban J connectivity index is 2.09. The molecule has 2 N–H and O–H groups in total. The molecule has 0 aliphatic rings. The van der Waals surface area contributed by atoms with E-state index in [0.717, 1.165) is 12.8 Å². The van der Waals surface area contributed by atoms with Crippen molar-refractivity contribution in [1.29, 1.82) is 0 Å². The van der Waals surface area contributed by atoms with Gasteiger partial charge in [0.15, 0.2) is 0 Å². The van der Waals surface area contributed by atoms with Gasteiger partial charge in [-0.2, -0.15) is 0 Å². The molecule has 0 heterocycles. The van der Waals surface area contributed by atoms with Crippen LogP contribution in [0, 0.1) is 0 Å². The Kier molecular flexibility index (Phi) is 7.49. The topological polar surface area (TPSA) is 76.7 Å². The first kappa shape index (κ1) is 20.6. The molecule has 0 radical (unpaired) electrons. The summed E-state index contributed by atoms with van der Waals surface area (Å²) in [4.78, 5) is 24.3. The number of halogens is 1. The van der Waals surface area contributed by atoms with Gasteiger partial charge in [0.25, 0.3) is 5.91 Å². The highest BCUT2D eigenvalue weighted by atomic mass is 35.5. The molecule has 0 fully saturated rings. The van der Waals surface area contributed by atoms with E-state index in [1.165, 1.54) is 14.2 Å². The van der Waals surface area contributed by atoms with Crippen molar-refractivity contribution < 1.29 is 19.1 Å². The van der Waals surface area contributed by atoms with Crippen LogP contribution < -0.4 is 20.1 Å². The SMILES string of the molecule is CCCCC(=O)Nc1ccc(C(=O)Nc2cc(OC)c(Cl)cc2OC)cc1. The third-order valence-corrected chi connectivity index (χ3v) is 4.21. The predicted molar refractivity (Wildman–Crippen MR) is 107 cm³/mol. The van der Waals surface area contributed by atoms with Crippen molar-refractivity contribution in [3.05, 3.63) is 47.0 Å². The molecule has 0 saturated carbocycles. The Bertz CT molecular complexity index is 806. The van der Waals surface area contributed by atoms with E-state index < -0.39 is 0 Å². The third-order valence-electron chi connectivity index (χ3n) is 3.91. The highest BCUT2D eigenvalue weighted by molar-refractivity contribution is 6.32. The van der Waals surface area contributed by atoms with Crippen LogP contribution in [0.5, 0.6) is 11.5 Å². The summed E-state index contributed by atoms with van der Waals surface area (Å²) >= 11 is 6.07. The molecule has 144 valence electrons. The highest BCUT2D eigenvalue weighted by Gasteiger charge is 2.14. The van der Waals surface area contributed by atoms with Gasteiger partial charge < -0.3 is 20.1 Å². The van der Waals surface area contributed by atoms with Crippen LogP contribution in [0.1, 0.15) is 36.5 Å². The van der Waals surface area contributed by atoms with Crippen LogP contribution in [-0.4, -0.2) is 26.0 Å². The smallest absolute Gasteiger partial charge is 0.255 e. The van der Waals surface area contributed by atoms with Gasteiger partial charge >= 0.3 is 0 Å². The second-order valence-electron chi connectivity index (χ2n) is 5.87. The summed E-state index contributed by atoms with van der Waals surface area (Å²) < 4.78 is 10.4. The van der Waals surface area contributed by atoms with Gasteiger partial charge in [-0.25, -0.2) is 0 Å². The number of nitrogens with one attached hydrogen (secondary N) is 2. The van der Waals surface area contributed by atoms with Crippen molar-refractivity contribution in [2.45, 2.75) is 26.2 Å². The van der Waals surface area contributed by atoms with Crippen LogP contribution in [0.25, 0.3) is 0 Å². The molecule has 0 saturated heterocycles. The Labute approximate surface area is 163 Å². The molecule has 27 heavy (non-hydrogen) atoms. The zero-order valence-electron chi connectivity index (χ0n) is 15.6. The zero-order valence-corrected chi connectivity index (χ0v) is 16.4. The number of hydrogen-bond acceptors (Lipinski definition) is 4. The van der Waals surface area contributed by atoms with Crippen molar-refractivity contribution in [3.8, 4) is 11.5 Å². The molecule has 0 spiro atoms. The largest absolute Gasteiger partial charge is 0.495 e. The maximum atomic E-state index is 12.5. The van der Waals surface area contributed by atoms with Gasteiger partial charge in [-0.05, 0) is 30.7 Å². The molecule has 0 aliphatic carbocycles. The second-order valence-corrected chi connectivity index (χ2v) is 6.28. The van der Waals surface area contributed by atoms with Crippen LogP contribution in [0.4, 0.5) is 11.4 Å². The molecular formula is C20H23ClN2O4. The first-order chi connectivity index (χ1) is 13.0. The summed E-state index contributed by atoms with van der Waals surface area (Å²) in [6.45, 7) is 2.03. The monoisotopic (exact) mass is 390 g/mol. The van der Waals surface area contributed by atoms with Gasteiger partial charge in [-0.15, -0.1) is 0 Å². The number of carbonyl (C=O) groups excluding carboxylic acids is 2. The lowest BCUT2D eigenvalue weighted by atomic mass is 10.1. The van der Waals surface area contributed by atoms with Crippen molar-refractivity contribution >= 4 is 34.8 Å². The zero-order chi connectivity index (χ0) is 19.8. The quantitative estimate of drug-likeness (QED) is 0.682. The first-order valence-corrected chi connectivity index (χ1v) is 8.99. The van der Waals surface area contributed by atoms with Gasteiger partial charge in [0.05, 0.1) is 24.9 Å². The van der Waals surface area contributed by atoms with Crippen molar-refractivity contribution in [3.63, 3.8) is 0 Å². The van der Waals surface area contributed by atoms with Crippen LogP contribution in [-0.2, 0) is 4.79 Å². The first-order valence-electron chi connectivity index (χ1n) is 8.61. The number of hydrogen-bond donors (Lipinski definition) is 2. The number of unbranched alkanes of at least 4 members (excludes halogenated alkanes) is 1. The van der Waals surface area contributed by atoms with Crippen molar-refractivity contribution in [1.82, 2.24) is 0 Å². The van der Waals surface area contributed by atoms with E-state index >= 15 is 0 Å². The third kappa shape index (κ3) is 5.62. The molecule has 2 aromatic carbocycles. The van der Waals surface area contributed by atoms with Crippen LogP contribution in [0.3, 0.4) is 0 Å². The van der Waals surface area contributed by atoms with Crippen LogP contribution in [0.2, 0.25) is 5.02 Å². The predicted octanol–water partition coefficient (Wildman–Crippen LogP) is 4.74. The second kappa shape index (κ2) is 9.83. The molecule has 0 atom stereocenters. The van der Waals surface area contributed by atoms with Gasteiger partial charge in [0, 0.05) is 29.8 Å². The van der Waals surface area contributed by atoms with E-state index in [4.69, 9.17) is 21.1 Å². The molecule has 0 unspecified atom stereocenters. The van der Waals surface area contributed by atoms with E-state index in [1.54, 1.807) is 36.4 Å². The lowest BCUT2D eigenvalue weighted by molar-refractivity contribution is -0.116. The van der Waals surface area contributed by atoms with E-state index in [-0.39, 0.29) is 11.8 Å². The minimum absolute atomic E-state index is 0.0351. The maximum Gasteiger partial charge on any atom is 0.255 e. The Morgan fingerprint density at radius 2 is 1.67 bits per heavy atom. The standard InChI is InChI=1S/C20H23ClN2O4/c1-4-5-6-19(24)22-14-9-7-13(8-10-14)20(25)23-16-12-17(26-2)15(21)11-18(16)27-3/h7-12H,4-6H2,1-3H3,(H,22,24)(H,23,25). The lowest BCUT2D eigenvalue weighted by Crippen LogP contribution is -2.14. The van der Waals surface area contributed by atoms with Crippen molar-refractivity contribution in [2.75, 3.05) is 24.9 Å². The molecule has 2 amide bonds. The fraction of sp³-hybridized carbons (Fsp3) is 0.300. The normalized spacial score (nSPS) is 10.2. The van der Waals surface area contributed by atoms with E-state index in [2.05, 4.69) is 10.6 Å². The van der Waals surface area contributed by atoms with E-state index in [1.807, 2.05) is 6.92 Å². The summed E-state index contributed by atoms with van der Waals surface area (Å²) in [6.07, 6.45) is 2.29. The summed E-state index contributed by atoms with van der Waals surface area (Å²) in [5.74, 6) is 0.500. The van der Waals surface area contributed by atoms with Gasteiger partial charge in [-0.3, -0.25) is 9.59 Å². The summed E-state index contributed by atoms with van der Waals surface area (Å²) in [5.41, 5.74) is 1.54. The molecule has 0 aromatic heterocycles. The fourth-order valence-corrected chi connectivity index (χ4v) is 2.65. The Morgan fingerprint density at radius 3 is 2.26 bits per heavy atom. The van der Waals surface area contributed by atoms with Gasteiger partial charge in [-0.1, -0.05) is 24.9 Å². The number of amides is 2. The average Bonchev–Trinajstić information content (AvgIpc) is 2.67. The Morgan fingerprint density at radius 1 is 1.00 bits per heavy atom. The van der Waals surface area contributed by atoms with Crippen LogP contribution >= 0.6 is 11.6 Å². The van der Waals surface area contributed by atoms with Crippen molar-refractivity contribution in [2.24, 2.45) is 0 Å². The minimum atomic E-state index is -0.318. The molecule has 2 rings (SSSR count). The Hall–Kier alpha value is -2.73. The molecule has 6 nitrogen and oxygen atoms in total. The molecular weight excluding hydrogens is 368 g/mol. The minimum Gasteiger partial charge on any atom is -0.495 e. The average molecular weight is 391 g/mol. The number of ether oxygens (including phenoxy) is 2. The summed E-state index contributed by atoms with van der Waals surface area (Å²) in [7, 11) is 2.98. The molecule has 0 aliphatic heterocycles. The molecule has 2 aromatic rings. The van der Waals surface area contributed by atoms with E-state index in [0.29, 0.717) is 39.9 Å². The van der Waals surface area contributed by atoms with Gasteiger partial charge in [0.1, 0.15) is 11.5 Å². The van der Waals surface area contributed by atoms with Gasteiger partial charge in [0.2, 0.25) is 5.91 Å². The number of rotatable bonds is 8. The summed E-state index contributed by atoms with van der Waals surface area (Å²) in [6, 6.07) is 9.85.